The van der Waals surface area contributed by atoms with Crippen LogP contribution in [0.1, 0.15) is 41.8 Å². The maximum atomic E-state index is 12.2. The number of ketones is 2. The monoisotopic (exact) mass is 218 g/mol. The molecule has 0 saturated carbocycles. The van der Waals surface area contributed by atoms with Gasteiger partial charge < -0.3 is 4.79 Å². The molecule has 1 rings (SSSR count). The number of rotatable bonds is 4. The molecule has 86 valence electrons. The zero-order chi connectivity index (χ0) is 12.3. The van der Waals surface area contributed by atoms with Gasteiger partial charge in [-0.2, -0.15) is 0 Å². The van der Waals surface area contributed by atoms with Crippen molar-refractivity contribution >= 4 is 11.6 Å². The van der Waals surface area contributed by atoms with Crippen LogP contribution in [0, 0.1) is 19.8 Å². The molecule has 0 spiro atoms. The molecule has 16 heavy (non-hydrogen) atoms. The van der Waals surface area contributed by atoms with Gasteiger partial charge in [0.1, 0.15) is 5.78 Å². The molecule has 1 atom stereocenters. The number of carbonyl (C=O) groups excluding carboxylic acids is 2. The van der Waals surface area contributed by atoms with Gasteiger partial charge in [0.05, 0.1) is 0 Å². The summed E-state index contributed by atoms with van der Waals surface area (Å²) in [5, 5.41) is 0. The highest BCUT2D eigenvalue weighted by Crippen LogP contribution is 2.19. The average Bonchev–Trinajstić information content (AvgIpc) is 2.16. The number of Topliss-reactive ketones (excluding diaryl/α,β-unsaturated/α-hetero) is 2. The molecular formula is C14H18O2. The molecule has 0 fully saturated rings. The third-order valence-electron chi connectivity index (χ3n) is 2.77. The fourth-order valence-corrected chi connectivity index (χ4v) is 1.97. The van der Waals surface area contributed by atoms with Crippen molar-refractivity contribution in [3.8, 4) is 0 Å². The minimum atomic E-state index is -0.225. The zero-order valence-corrected chi connectivity index (χ0v) is 10.3. The lowest BCUT2D eigenvalue weighted by atomic mass is 9.90. The van der Waals surface area contributed by atoms with Gasteiger partial charge in [-0.3, -0.25) is 4.79 Å². The predicted molar refractivity (Wildman–Crippen MR) is 64.7 cm³/mol. The first-order valence-corrected chi connectivity index (χ1v) is 5.53. The van der Waals surface area contributed by atoms with Crippen LogP contribution in [0.5, 0.6) is 0 Å². The SMILES string of the molecule is CC(=O)CC(C)C(=O)c1c(C)cccc1C. The van der Waals surface area contributed by atoms with Crippen molar-refractivity contribution in [1.82, 2.24) is 0 Å². The highest BCUT2D eigenvalue weighted by molar-refractivity contribution is 6.01. The topological polar surface area (TPSA) is 34.1 Å². The van der Waals surface area contributed by atoms with Crippen molar-refractivity contribution in [3.63, 3.8) is 0 Å². The van der Waals surface area contributed by atoms with E-state index in [-0.39, 0.29) is 17.5 Å². The van der Waals surface area contributed by atoms with Crippen molar-refractivity contribution in [2.75, 3.05) is 0 Å². The maximum Gasteiger partial charge on any atom is 0.166 e. The van der Waals surface area contributed by atoms with Gasteiger partial charge in [0.25, 0.3) is 0 Å². The Morgan fingerprint density at radius 3 is 2.12 bits per heavy atom. The Bertz CT molecular complexity index is 398. The van der Waals surface area contributed by atoms with E-state index in [4.69, 9.17) is 0 Å². The first kappa shape index (κ1) is 12.6. The van der Waals surface area contributed by atoms with E-state index in [0.717, 1.165) is 16.7 Å². The second-order valence-corrected chi connectivity index (χ2v) is 4.44. The number of benzene rings is 1. The van der Waals surface area contributed by atoms with Gasteiger partial charge in [-0.15, -0.1) is 0 Å². The second-order valence-electron chi connectivity index (χ2n) is 4.44. The van der Waals surface area contributed by atoms with Gasteiger partial charge in [0.2, 0.25) is 0 Å². The smallest absolute Gasteiger partial charge is 0.166 e. The summed E-state index contributed by atoms with van der Waals surface area (Å²) in [5.41, 5.74) is 2.75. The molecule has 0 amide bonds. The molecule has 0 heterocycles. The Morgan fingerprint density at radius 2 is 1.69 bits per heavy atom. The van der Waals surface area contributed by atoms with E-state index >= 15 is 0 Å². The molecule has 0 saturated heterocycles. The van der Waals surface area contributed by atoms with E-state index in [1.807, 2.05) is 39.0 Å². The van der Waals surface area contributed by atoms with Crippen LogP contribution in [-0.4, -0.2) is 11.6 Å². The average molecular weight is 218 g/mol. The largest absolute Gasteiger partial charge is 0.300 e. The van der Waals surface area contributed by atoms with Crippen LogP contribution in [0.15, 0.2) is 18.2 Å². The van der Waals surface area contributed by atoms with Crippen molar-refractivity contribution in [2.45, 2.75) is 34.1 Å². The van der Waals surface area contributed by atoms with Crippen LogP contribution in [0.3, 0.4) is 0 Å². The van der Waals surface area contributed by atoms with E-state index in [1.54, 1.807) is 0 Å². The highest BCUT2D eigenvalue weighted by atomic mass is 16.1. The highest BCUT2D eigenvalue weighted by Gasteiger charge is 2.19. The lowest BCUT2D eigenvalue weighted by Crippen LogP contribution is -2.16. The van der Waals surface area contributed by atoms with Gasteiger partial charge in [-0.05, 0) is 31.9 Å². The van der Waals surface area contributed by atoms with E-state index < -0.39 is 0 Å². The van der Waals surface area contributed by atoms with Crippen LogP contribution in [0.4, 0.5) is 0 Å². The summed E-state index contributed by atoms with van der Waals surface area (Å²) in [6.45, 7) is 7.20. The summed E-state index contributed by atoms with van der Waals surface area (Å²) >= 11 is 0. The molecule has 1 aromatic carbocycles. The predicted octanol–water partition coefficient (Wildman–Crippen LogP) is 3.10. The van der Waals surface area contributed by atoms with Crippen LogP contribution in [-0.2, 0) is 4.79 Å². The summed E-state index contributed by atoms with van der Waals surface area (Å²) in [7, 11) is 0. The molecule has 1 aromatic rings. The number of hydrogen-bond donors (Lipinski definition) is 0. The van der Waals surface area contributed by atoms with E-state index in [2.05, 4.69) is 0 Å². The molecule has 0 radical (unpaired) electrons. The quantitative estimate of drug-likeness (QED) is 0.728. The molecule has 1 unspecified atom stereocenters. The first-order chi connectivity index (χ1) is 7.43. The standard InChI is InChI=1S/C14H18O2/c1-9-6-5-7-10(2)13(9)14(16)11(3)8-12(4)15/h5-7,11H,8H2,1-4H3. The van der Waals surface area contributed by atoms with Crippen LogP contribution in [0.2, 0.25) is 0 Å². The molecule has 2 nitrogen and oxygen atoms in total. The molecule has 0 aliphatic rings. The van der Waals surface area contributed by atoms with Crippen molar-refractivity contribution in [2.24, 2.45) is 5.92 Å². The minimum Gasteiger partial charge on any atom is -0.300 e. The molecule has 0 aliphatic heterocycles. The van der Waals surface area contributed by atoms with E-state index in [0.29, 0.717) is 6.42 Å². The normalized spacial score (nSPS) is 12.2. The van der Waals surface area contributed by atoms with Crippen LogP contribution < -0.4 is 0 Å². The zero-order valence-electron chi connectivity index (χ0n) is 10.3. The van der Waals surface area contributed by atoms with Gasteiger partial charge >= 0.3 is 0 Å². The Balaban J connectivity index is 3.00. The van der Waals surface area contributed by atoms with Gasteiger partial charge in [0, 0.05) is 17.9 Å². The number of aryl methyl sites for hydroxylation is 2. The molecular weight excluding hydrogens is 200 g/mol. The first-order valence-electron chi connectivity index (χ1n) is 5.53. The van der Waals surface area contributed by atoms with Crippen molar-refractivity contribution in [3.05, 3.63) is 34.9 Å². The summed E-state index contributed by atoms with van der Waals surface area (Å²) in [5.74, 6) is -0.0878. The summed E-state index contributed by atoms with van der Waals surface area (Å²) in [6.07, 6.45) is 0.326. The fraction of sp³-hybridized carbons (Fsp3) is 0.429. The Morgan fingerprint density at radius 1 is 1.19 bits per heavy atom. The van der Waals surface area contributed by atoms with Gasteiger partial charge in [0.15, 0.2) is 5.78 Å². The Kier molecular flexibility index (Phi) is 3.99. The summed E-state index contributed by atoms with van der Waals surface area (Å²) < 4.78 is 0. The number of carbonyl (C=O) groups is 2. The summed E-state index contributed by atoms with van der Waals surface area (Å²) in [6, 6.07) is 5.80. The molecule has 0 aliphatic carbocycles. The van der Waals surface area contributed by atoms with E-state index in [9.17, 15) is 9.59 Å². The molecule has 2 heteroatoms. The molecule has 0 N–H and O–H groups in total. The second kappa shape index (κ2) is 5.06. The summed E-state index contributed by atoms with van der Waals surface area (Å²) in [4.78, 5) is 23.2. The lowest BCUT2D eigenvalue weighted by molar-refractivity contribution is -0.117. The van der Waals surface area contributed by atoms with Gasteiger partial charge in [-0.1, -0.05) is 25.1 Å². The maximum absolute atomic E-state index is 12.2. The molecule has 0 aromatic heterocycles. The van der Waals surface area contributed by atoms with Crippen LogP contribution >= 0.6 is 0 Å². The third kappa shape index (κ3) is 2.78. The Hall–Kier alpha value is -1.44. The third-order valence-corrected chi connectivity index (χ3v) is 2.77. The lowest BCUT2D eigenvalue weighted by Gasteiger charge is -2.13. The Labute approximate surface area is 96.7 Å². The fourth-order valence-electron chi connectivity index (χ4n) is 1.97. The number of hydrogen-bond acceptors (Lipinski definition) is 2. The van der Waals surface area contributed by atoms with Gasteiger partial charge in [-0.25, -0.2) is 0 Å². The van der Waals surface area contributed by atoms with Crippen molar-refractivity contribution < 1.29 is 9.59 Å². The minimum absolute atomic E-state index is 0.0621. The molecule has 0 bridgehead atoms. The van der Waals surface area contributed by atoms with Crippen LogP contribution in [0.25, 0.3) is 0 Å². The van der Waals surface area contributed by atoms with E-state index in [1.165, 1.54) is 6.92 Å². The van der Waals surface area contributed by atoms with Crippen molar-refractivity contribution in [1.29, 1.82) is 0 Å².